The van der Waals surface area contributed by atoms with E-state index in [4.69, 9.17) is 17.3 Å². The summed E-state index contributed by atoms with van der Waals surface area (Å²) in [5, 5.41) is 4.65. The number of nitrogens with zero attached hydrogens (tertiary/aromatic N) is 2. The number of hydrogen-bond donors (Lipinski definition) is 2. The maximum absolute atomic E-state index is 6.02. The predicted molar refractivity (Wildman–Crippen MR) is 74.6 cm³/mol. The van der Waals surface area contributed by atoms with Gasteiger partial charge >= 0.3 is 0 Å². The minimum atomic E-state index is 0.259. The lowest BCUT2D eigenvalue weighted by Crippen LogP contribution is -2.17. The molecule has 6 heteroatoms. The molecule has 0 saturated heterocycles. The SMILES string of the molecule is CCSC1CCC(Nc2nc(N)ncc2Cl)C1. The van der Waals surface area contributed by atoms with Crippen molar-refractivity contribution in [1.82, 2.24) is 9.97 Å². The minimum absolute atomic E-state index is 0.259. The van der Waals surface area contributed by atoms with Crippen molar-refractivity contribution < 1.29 is 0 Å². The lowest BCUT2D eigenvalue weighted by atomic mass is 10.2. The van der Waals surface area contributed by atoms with E-state index < -0.39 is 0 Å². The van der Waals surface area contributed by atoms with E-state index >= 15 is 0 Å². The fourth-order valence-electron chi connectivity index (χ4n) is 2.13. The third kappa shape index (κ3) is 3.39. The van der Waals surface area contributed by atoms with Crippen molar-refractivity contribution >= 4 is 35.1 Å². The Balaban J connectivity index is 1.95. The van der Waals surface area contributed by atoms with Gasteiger partial charge in [-0.15, -0.1) is 0 Å². The molecule has 1 heterocycles. The van der Waals surface area contributed by atoms with Crippen LogP contribution in [0.5, 0.6) is 0 Å². The Bertz CT molecular complexity index is 388. The molecule has 1 aromatic heterocycles. The summed E-state index contributed by atoms with van der Waals surface area (Å²) in [5.41, 5.74) is 5.55. The van der Waals surface area contributed by atoms with E-state index in [0.29, 0.717) is 16.9 Å². The summed E-state index contributed by atoms with van der Waals surface area (Å²) in [6.07, 6.45) is 5.13. The molecule has 1 saturated carbocycles. The fraction of sp³-hybridized carbons (Fsp3) is 0.636. The van der Waals surface area contributed by atoms with Crippen molar-refractivity contribution in [1.29, 1.82) is 0 Å². The van der Waals surface area contributed by atoms with Gasteiger partial charge in [0, 0.05) is 11.3 Å². The molecule has 0 bridgehead atoms. The van der Waals surface area contributed by atoms with Gasteiger partial charge in [-0.3, -0.25) is 0 Å². The average molecular weight is 273 g/mol. The number of halogens is 1. The van der Waals surface area contributed by atoms with Crippen LogP contribution in [-0.4, -0.2) is 27.0 Å². The first-order valence-electron chi connectivity index (χ1n) is 5.85. The number of aromatic nitrogens is 2. The topological polar surface area (TPSA) is 63.8 Å². The van der Waals surface area contributed by atoms with Crippen LogP contribution in [0, 0.1) is 0 Å². The van der Waals surface area contributed by atoms with Crippen LogP contribution < -0.4 is 11.1 Å². The number of thioether (sulfide) groups is 1. The molecule has 2 unspecified atom stereocenters. The first-order valence-corrected chi connectivity index (χ1v) is 7.28. The van der Waals surface area contributed by atoms with Gasteiger partial charge in [0.05, 0.1) is 6.20 Å². The summed E-state index contributed by atoms with van der Waals surface area (Å²) >= 11 is 8.05. The van der Waals surface area contributed by atoms with Crippen LogP contribution in [0.25, 0.3) is 0 Å². The second-order valence-electron chi connectivity index (χ2n) is 4.16. The molecule has 17 heavy (non-hydrogen) atoms. The van der Waals surface area contributed by atoms with Gasteiger partial charge in [-0.1, -0.05) is 18.5 Å². The van der Waals surface area contributed by atoms with Crippen LogP contribution in [0.3, 0.4) is 0 Å². The number of nitrogen functional groups attached to an aromatic ring is 1. The van der Waals surface area contributed by atoms with Gasteiger partial charge in [0.1, 0.15) is 5.02 Å². The molecule has 1 aromatic rings. The second kappa shape index (κ2) is 5.78. The van der Waals surface area contributed by atoms with Gasteiger partial charge < -0.3 is 11.1 Å². The van der Waals surface area contributed by atoms with Gasteiger partial charge in [-0.25, -0.2) is 4.98 Å². The molecule has 3 N–H and O–H groups in total. The lowest BCUT2D eigenvalue weighted by molar-refractivity contribution is 0.751. The standard InChI is InChI=1S/C11H17ClN4S/c1-2-17-8-4-3-7(5-8)15-10-9(12)6-14-11(13)16-10/h6-8H,2-5H2,1H3,(H3,13,14,15,16). The Morgan fingerprint density at radius 2 is 2.41 bits per heavy atom. The Morgan fingerprint density at radius 3 is 3.18 bits per heavy atom. The Morgan fingerprint density at radius 1 is 1.59 bits per heavy atom. The van der Waals surface area contributed by atoms with Crippen molar-refractivity contribution in [3.63, 3.8) is 0 Å². The Kier molecular flexibility index (Phi) is 4.34. The van der Waals surface area contributed by atoms with E-state index in [2.05, 4.69) is 22.2 Å². The number of anilines is 2. The molecule has 2 rings (SSSR count). The fourth-order valence-corrected chi connectivity index (χ4v) is 3.42. The summed E-state index contributed by atoms with van der Waals surface area (Å²) in [6.45, 7) is 2.20. The van der Waals surface area contributed by atoms with Gasteiger partial charge in [-0.05, 0) is 25.0 Å². The highest BCUT2D eigenvalue weighted by molar-refractivity contribution is 7.99. The van der Waals surface area contributed by atoms with E-state index in [9.17, 15) is 0 Å². The maximum atomic E-state index is 6.02. The zero-order valence-corrected chi connectivity index (χ0v) is 11.4. The smallest absolute Gasteiger partial charge is 0.222 e. The van der Waals surface area contributed by atoms with Crippen LogP contribution in [0.4, 0.5) is 11.8 Å². The quantitative estimate of drug-likeness (QED) is 0.882. The van der Waals surface area contributed by atoms with Crippen LogP contribution in [-0.2, 0) is 0 Å². The van der Waals surface area contributed by atoms with E-state index in [0.717, 1.165) is 11.7 Å². The number of hydrogen-bond acceptors (Lipinski definition) is 5. The monoisotopic (exact) mass is 272 g/mol. The molecule has 0 aromatic carbocycles. The number of nitrogens with one attached hydrogen (secondary N) is 1. The summed E-state index contributed by atoms with van der Waals surface area (Å²) in [4.78, 5) is 7.97. The minimum Gasteiger partial charge on any atom is -0.368 e. The number of rotatable bonds is 4. The molecule has 4 nitrogen and oxygen atoms in total. The van der Waals surface area contributed by atoms with E-state index in [1.165, 1.54) is 18.6 Å². The normalized spacial score (nSPS) is 23.9. The molecule has 94 valence electrons. The Hall–Kier alpha value is -0.680. The lowest BCUT2D eigenvalue weighted by Gasteiger charge is -2.14. The highest BCUT2D eigenvalue weighted by atomic mass is 35.5. The van der Waals surface area contributed by atoms with Crippen molar-refractivity contribution in [2.75, 3.05) is 16.8 Å². The van der Waals surface area contributed by atoms with Crippen molar-refractivity contribution in [2.45, 2.75) is 37.5 Å². The molecular formula is C11H17ClN4S. The molecule has 1 aliphatic carbocycles. The average Bonchev–Trinajstić information content (AvgIpc) is 2.72. The first kappa shape index (κ1) is 12.8. The summed E-state index contributed by atoms with van der Waals surface area (Å²) in [7, 11) is 0. The van der Waals surface area contributed by atoms with Crippen molar-refractivity contribution in [3.8, 4) is 0 Å². The van der Waals surface area contributed by atoms with Crippen LogP contribution in [0.15, 0.2) is 6.20 Å². The largest absolute Gasteiger partial charge is 0.368 e. The first-order chi connectivity index (χ1) is 8.19. The molecule has 0 aliphatic heterocycles. The molecule has 1 fully saturated rings. The highest BCUT2D eigenvalue weighted by Crippen LogP contribution is 2.32. The van der Waals surface area contributed by atoms with Crippen molar-refractivity contribution in [2.24, 2.45) is 0 Å². The molecule has 0 spiro atoms. The summed E-state index contributed by atoms with van der Waals surface area (Å²) in [6, 6.07) is 0.450. The zero-order valence-electron chi connectivity index (χ0n) is 9.82. The third-order valence-electron chi connectivity index (χ3n) is 2.89. The molecule has 0 radical (unpaired) electrons. The molecular weight excluding hydrogens is 256 g/mol. The van der Waals surface area contributed by atoms with Crippen LogP contribution in [0.1, 0.15) is 26.2 Å². The summed E-state index contributed by atoms with van der Waals surface area (Å²) in [5.74, 6) is 2.10. The number of nitrogens with two attached hydrogens (primary N) is 1. The van der Waals surface area contributed by atoms with Gasteiger partial charge in [0.2, 0.25) is 5.95 Å². The van der Waals surface area contributed by atoms with E-state index in [-0.39, 0.29) is 5.95 Å². The van der Waals surface area contributed by atoms with Crippen LogP contribution >= 0.6 is 23.4 Å². The van der Waals surface area contributed by atoms with Gasteiger partial charge in [0.15, 0.2) is 5.82 Å². The maximum Gasteiger partial charge on any atom is 0.222 e. The summed E-state index contributed by atoms with van der Waals surface area (Å²) < 4.78 is 0. The van der Waals surface area contributed by atoms with E-state index in [1.807, 2.05) is 11.8 Å². The highest BCUT2D eigenvalue weighted by Gasteiger charge is 2.25. The van der Waals surface area contributed by atoms with E-state index in [1.54, 1.807) is 6.20 Å². The van der Waals surface area contributed by atoms with Crippen LogP contribution in [0.2, 0.25) is 5.02 Å². The molecule has 1 aliphatic rings. The van der Waals surface area contributed by atoms with Gasteiger partial charge in [0.25, 0.3) is 0 Å². The second-order valence-corrected chi connectivity index (χ2v) is 6.14. The third-order valence-corrected chi connectivity index (χ3v) is 4.40. The predicted octanol–water partition coefficient (Wildman–Crippen LogP) is 2.80. The van der Waals surface area contributed by atoms with Crippen molar-refractivity contribution in [3.05, 3.63) is 11.2 Å². The molecule has 2 atom stereocenters. The van der Waals surface area contributed by atoms with Gasteiger partial charge in [-0.2, -0.15) is 16.7 Å². The zero-order chi connectivity index (χ0) is 12.3. The Labute approximate surface area is 111 Å². The molecule has 0 amide bonds.